The van der Waals surface area contributed by atoms with Gasteiger partial charge >= 0.3 is 6.18 Å². The second-order valence-electron chi connectivity index (χ2n) is 9.80. The number of nitrogens with zero attached hydrogens (tertiary/aromatic N) is 2. The third-order valence-corrected chi connectivity index (χ3v) is 7.21. The van der Waals surface area contributed by atoms with Crippen LogP contribution in [0.15, 0.2) is 30.5 Å². The first-order valence-corrected chi connectivity index (χ1v) is 12.9. The lowest BCUT2D eigenvalue weighted by Gasteiger charge is -2.33. The van der Waals surface area contributed by atoms with Gasteiger partial charge in [-0.05, 0) is 56.7 Å². The van der Waals surface area contributed by atoms with E-state index in [4.69, 9.17) is 27.1 Å². The molecular formula is C25H34ClF3N6O. The minimum atomic E-state index is -4.12. The molecule has 0 bridgehead atoms. The van der Waals surface area contributed by atoms with Crippen LogP contribution in [0.3, 0.4) is 0 Å². The van der Waals surface area contributed by atoms with E-state index in [2.05, 4.69) is 20.9 Å². The van der Waals surface area contributed by atoms with Crippen molar-refractivity contribution in [3.63, 3.8) is 0 Å². The summed E-state index contributed by atoms with van der Waals surface area (Å²) >= 11 is 6.47. The highest BCUT2D eigenvalue weighted by atomic mass is 35.5. The largest absolute Gasteiger partial charge is 0.390 e. The van der Waals surface area contributed by atoms with E-state index in [1.54, 1.807) is 6.20 Å². The minimum absolute atomic E-state index is 0.0318. The molecule has 1 aliphatic heterocycles. The quantitative estimate of drug-likeness (QED) is 0.366. The summed E-state index contributed by atoms with van der Waals surface area (Å²) in [5.41, 5.74) is 7.67. The molecule has 0 spiro atoms. The summed E-state index contributed by atoms with van der Waals surface area (Å²) in [6, 6.07) is 7.95. The SMILES string of the molecule is NC1(CNc2cccc(-c3cc(NC4CCC(NCCC(F)(F)F)CC4)ncc3Cl)n2)CCOCC1. The molecule has 0 radical (unpaired) electrons. The van der Waals surface area contributed by atoms with Gasteiger partial charge in [-0.25, -0.2) is 9.97 Å². The summed E-state index contributed by atoms with van der Waals surface area (Å²) < 4.78 is 42.5. The average molecular weight is 527 g/mol. The maximum absolute atomic E-state index is 12.4. The van der Waals surface area contributed by atoms with Crippen LogP contribution in [0.4, 0.5) is 24.8 Å². The maximum Gasteiger partial charge on any atom is 0.390 e. The number of aromatic nitrogens is 2. The summed E-state index contributed by atoms with van der Waals surface area (Å²) in [7, 11) is 0. The fraction of sp³-hybridized carbons (Fsp3) is 0.600. The van der Waals surface area contributed by atoms with Crippen LogP contribution in [0.25, 0.3) is 11.3 Å². The van der Waals surface area contributed by atoms with Crippen LogP contribution < -0.4 is 21.7 Å². The molecule has 36 heavy (non-hydrogen) atoms. The van der Waals surface area contributed by atoms with Crippen molar-refractivity contribution in [2.45, 2.75) is 68.7 Å². The van der Waals surface area contributed by atoms with Gasteiger partial charge in [0.1, 0.15) is 11.6 Å². The fourth-order valence-electron chi connectivity index (χ4n) is 4.69. The van der Waals surface area contributed by atoms with Gasteiger partial charge in [-0.3, -0.25) is 0 Å². The summed E-state index contributed by atoms with van der Waals surface area (Å²) in [6.07, 6.45) is 1.65. The van der Waals surface area contributed by atoms with Gasteiger partial charge in [0.15, 0.2) is 0 Å². The number of halogens is 4. The second-order valence-corrected chi connectivity index (χ2v) is 10.2. The predicted molar refractivity (Wildman–Crippen MR) is 136 cm³/mol. The molecule has 198 valence electrons. The Morgan fingerprint density at radius 2 is 1.81 bits per heavy atom. The number of rotatable bonds is 9. The standard InChI is InChI=1S/C25H34ClF3N6O/c26-20-15-32-23(34-18-6-4-17(5-7-18)31-11-8-25(27,28)29)14-19(20)21-2-1-3-22(35-21)33-16-24(30)9-12-36-13-10-24/h1-3,14-15,17-18,31H,4-13,16,30H2,(H,32,34)(H,33,35). The minimum Gasteiger partial charge on any atom is -0.381 e. The normalized spacial score (nSPS) is 22.2. The zero-order valence-electron chi connectivity index (χ0n) is 20.2. The van der Waals surface area contributed by atoms with Gasteiger partial charge in [-0.2, -0.15) is 13.2 Å². The summed E-state index contributed by atoms with van der Waals surface area (Å²) in [4.78, 5) is 9.16. The predicted octanol–water partition coefficient (Wildman–Crippen LogP) is 4.98. The second kappa shape index (κ2) is 11.9. The lowest BCUT2D eigenvalue weighted by atomic mass is 9.91. The highest BCUT2D eigenvalue weighted by Crippen LogP contribution is 2.30. The third kappa shape index (κ3) is 7.93. The van der Waals surface area contributed by atoms with Gasteiger partial charge < -0.3 is 26.4 Å². The van der Waals surface area contributed by atoms with E-state index < -0.39 is 12.6 Å². The highest BCUT2D eigenvalue weighted by molar-refractivity contribution is 6.33. The van der Waals surface area contributed by atoms with E-state index in [-0.39, 0.29) is 24.2 Å². The van der Waals surface area contributed by atoms with E-state index in [0.29, 0.717) is 30.6 Å². The zero-order valence-corrected chi connectivity index (χ0v) is 21.0. The molecule has 0 unspecified atom stereocenters. The molecule has 2 fully saturated rings. The van der Waals surface area contributed by atoms with Crippen LogP contribution >= 0.6 is 11.6 Å². The molecule has 11 heteroatoms. The molecule has 2 aromatic heterocycles. The number of hydrogen-bond acceptors (Lipinski definition) is 7. The molecule has 4 rings (SSSR count). The Morgan fingerprint density at radius 3 is 2.53 bits per heavy atom. The Balaban J connectivity index is 1.33. The van der Waals surface area contributed by atoms with E-state index in [0.717, 1.165) is 55.6 Å². The van der Waals surface area contributed by atoms with Crippen LogP contribution in [0, 0.1) is 0 Å². The van der Waals surface area contributed by atoms with Gasteiger partial charge in [-0.15, -0.1) is 0 Å². The number of hydrogen-bond donors (Lipinski definition) is 4. The smallest absolute Gasteiger partial charge is 0.381 e. The fourth-order valence-corrected chi connectivity index (χ4v) is 4.89. The van der Waals surface area contributed by atoms with Crippen molar-refractivity contribution in [1.29, 1.82) is 0 Å². The maximum atomic E-state index is 12.4. The van der Waals surface area contributed by atoms with Crippen molar-refractivity contribution >= 4 is 23.2 Å². The zero-order chi connectivity index (χ0) is 25.6. The number of anilines is 2. The van der Waals surface area contributed by atoms with Gasteiger partial charge in [0.05, 0.1) is 17.1 Å². The Hall–Kier alpha value is -2.14. The van der Waals surface area contributed by atoms with Gasteiger partial charge in [-0.1, -0.05) is 17.7 Å². The molecule has 7 nitrogen and oxygen atoms in total. The van der Waals surface area contributed by atoms with Crippen LogP contribution in [-0.2, 0) is 4.74 Å². The van der Waals surface area contributed by atoms with Crippen LogP contribution in [0.2, 0.25) is 5.02 Å². The first kappa shape index (κ1) is 26.9. The van der Waals surface area contributed by atoms with Crippen molar-refractivity contribution in [3.8, 4) is 11.3 Å². The van der Waals surface area contributed by atoms with E-state index in [1.807, 2.05) is 24.3 Å². The van der Waals surface area contributed by atoms with Crippen LogP contribution in [0.1, 0.15) is 44.9 Å². The molecule has 1 saturated heterocycles. The molecule has 0 aromatic carbocycles. The first-order chi connectivity index (χ1) is 17.2. The molecule has 2 aliphatic rings. The molecule has 0 amide bonds. The van der Waals surface area contributed by atoms with Crippen molar-refractivity contribution in [3.05, 3.63) is 35.5 Å². The Morgan fingerprint density at radius 1 is 1.08 bits per heavy atom. The monoisotopic (exact) mass is 526 g/mol. The molecule has 2 aromatic rings. The molecule has 5 N–H and O–H groups in total. The summed E-state index contributed by atoms with van der Waals surface area (Å²) in [5.74, 6) is 1.42. The van der Waals surface area contributed by atoms with Gasteiger partial charge in [0, 0.05) is 55.7 Å². The first-order valence-electron chi connectivity index (χ1n) is 12.5. The van der Waals surface area contributed by atoms with E-state index in [9.17, 15) is 13.2 Å². The van der Waals surface area contributed by atoms with E-state index >= 15 is 0 Å². The van der Waals surface area contributed by atoms with Gasteiger partial charge in [0.2, 0.25) is 0 Å². The van der Waals surface area contributed by atoms with Gasteiger partial charge in [0.25, 0.3) is 0 Å². The van der Waals surface area contributed by atoms with E-state index in [1.165, 1.54) is 0 Å². The highest BCUT2D eigenvalue weighted by Gasteiger charge is 2.29. The molecule has 1 saturated carbocycles. The topological polar surface area (TPSA) is 97.1 Å². The molecular weight excluding hydrogens is 493 g/mol. The number of ether oxygens (including phenoxy) is 1. The lowest BCUT2D eigenvalue weighted by molar-refractivity contribution is -0.133. The Kier molecular flexibility index (Phi) is 8.92. The van der Waals surface area contributed by atoms with Crippen molar-refractivity contribution < 1.29 is 17.9 Å². The van der Waals surface area contributed by atoms with Crippen LogP contribution in [-0.4, -0.2) is 60.1 Å². The Labute approximate surface area is 214 Å². The summed E-state index contributed by atoms with van der Waals surface area (Å²) in [5, 5.41) is 10.3. The number of alkyl halides is 3. The van der Waals surface area contributed by atoms with Crippen molar-refractivity contribution in [2.24, 2.45) is 5.73 Å². The number of nitrogens with one attached hydrogen (secondary N) is 3. The van der Waals surface area contributed by atoms with Crippen molar-refractivity contribution in [1.82, 2.24) is 15.3 Å². The molecule has 0 atom stereocenters. The summed E-state index contributed by atoms with van der Waals surface area (Å²) in [6.45, 7) is 1.92. The average Bonchev–Trinajstić information content (AvgIpc) is 2.85. The third-order valence-electron chi connectivity index (χ3n) is 6.91. The van der Waals surface area contributed by atoms with Crippen molar-refractivity contribution in [2.75, 3.05) is 36.9 Å². The Bertz CT molecular complexity index is 994. The molecule has 3 heterocycles. The number of nitrogens with two attached hydrogens (primary N) is 1. The van der Waals surface area contributed by atoms with Crippen LogP contribution in [0.5, 0.6) is 0 Å². The lowest BCUT2D eigenvalue weighted by Crippen LogP contribution is -2.50. The number of pyridine rings is 2. The molecule has 1 aliphatic carbocycles.